The molecule has 3 aromatic rings. The van der Waals surface area contributed by atoms with Crippen LogP contribution >= 0.6 is 23.1 Å². The van der Waals surface area contributed by atoms with E-state index in [1.807, 2.05) is 30.3 Å². The van der Waals surface area contributed by atoms with Crippen LogP contribution in [0.4, 0.5) is 5.13 Å². The second-order valence-electron chi connectivity index (χ2n) is 6.22. The molecule has 1 heterocycles. The zero-order chi connectivity index (χ0) is 21.6. The maximum atomic E-state index is 12.5. The van der Waals surface area contributed by atoms with Crippen LogP contribution < -0.4 is 5.32 Å². The van der Waals surface area contributed by atoms with Gasteiger partial charge in [-0.05, 0) is 29.8 Å². The Labute approximate surface area is 184 Å². The van der Waals surface area contributed by atoms with Crippen LogP contribution in [0.15, 0.2) is 63.8 Å². The molecule has 0 spiro atoms. The van der Waals surface area contributed by atoms with Crippen molar-refractivity contribution in [3.63, 3.8) is 0 Å². The maximum Gasteiger partial charge on any atom is 0.257 e. The van der Waals surface area contributed by atoms with Gasteiger partial charge in [0.1, 0.15) is 0 Å². The highest BCUT2D eigenvalue weighted by molar-refractivity contribution is 8.00. The first-order valence-electron chi connectivity index (χ1n) is 9.35. The molecule has 0 radical (unpaired) electrons. The van der Waals surface area contributed by atoms with E-state index in [0.29, 0.717) is 23.8 Å². The second kappa shape index (κ2) is 10.2. The highest BCUT2D eigenvalue weighted by Gasteiger charge is 2.21. The second-order valence-corrected chi connectivity index (χ2v) is 10.4. The molecule has 0 unspecified atom stereocenters. The molecular formula is C20H22N4O3S3. The number of hydrogen-bond acceptors (Lipinski definition) is 7. The summed E-state index contributed by atoms with van der Waals surface area (Å²) < 4.78 is 27.2. The fourth-order valence-corrected chi connectivity index (χ4v) is 5.86. The first kappa shape index (κ1) is 22.4. The molecule has 0 fully saturated rings. The normalized spacial score (nSPS) is 11.6. The maximum absolute atomic E-state index is 12.5. The van der Waals surface area contributed by atoms with Gasteiger partial charge in [0.15, 0.2) is 4.34 Å². The number of hydrogen-bond donors (Lipinski definition) is 1. The Hall–Kier alpha value is -2.27. The number of thioether (sulfide) groups is 1. The van der Waals surface area contributed by atoms with Crippen molar-refractivity contribution in [2.75, 3.05) is 18.4 Å². The summed E-state index contributed by atoms with van der Waals surface area (Å²) >= 11 is 2.85. The Morgan fingerprint density at radius 2 is 1.70 bits per heavy atom. The molecule has 1 N–H and O–H groups in total. The van der Waals surface area contributed by atoms with E-state index in [9.17, 15) is 13.2 Å². The van der Waals surface area contributed by atoms with Crippen LogP contribution in [0.3, 0.4) is 0 Å². The summed E-state index contributed by atoms with van der Waals surface area (Å²) in [5.41, 5.74) is 1.53. The Morgan fingerprint density at radius 1 is 1.03 bits per heavy atom. The van der Waals surface area contributed by atoms with Crippen LogP contribution in [0.2, 0.25) is 0 Å². The van der Waals surface area contributed by atoms with Gasteiger partial charge in [0, 0.05) is 24.4 Å². The minimum atomic E-state index is -3.55. The lowest BCUT2D eigenvalue weighted by Crippen LogP contribution is -2.30. The molecule has 1 amide bonds. The molecule has 158 valence electrons. The summed E-state index contributed by atoms with van der Waals surface area (Å²) in [5, 5.41) is 11.2. The highest BCUT2D eigenvalue weighted by Crippen LogP contribution is 2.28. The van der Waals surface area contributed by atoms with Gasteiger partial charge in [-0.3, -0.25) is 10.1 Å². The molecule has 10 heteroatoms. The van der Waals surface area contributed by atoms with Gasteiger partial charge in [-0.25, -0.2) is 8.42 Å². The van der Waals surface area contributed by atoms with E-state index >= 15 is 0 Å². The molecule has 0 saturated heterocycles. The number of nitrogens with one attached hydrogen (secondary N) is 1. The molecule has 3 rings (SSSR count). The Kier molecular flexibility index (Phi) is 7.59. The van der Waals surface area contributed by atoms with E-state index < -0.39 is 10.0 Å². The van der Waals surface area contributed by atoms with Crippen molar-refractivity contribution in [3.8, 4) is 0 Å². The minimum Gasteiger partial charge on any atom is -0.296 e. The topological polar surface area (TPSA) is 92.3 Å². The summed E-state index contributed by atoms with van der Waals surface area (Å²) in [7, 11) is -3.55. The van der Waals surface area contributed by atoms with Crippen molar-refractivity contribution in [2.24, 2.45) is 0 Å². The molecular weight excluding hydrogens is 440 g/mol. The van der Waals surface area contributed by atoms with Crippen molar-refractivity contribution in [2.45, 2.75) is 28.8 Å². The van der Waals surface area contributed by atoms with Gasteiger partial charge in [-0.15, -0.1) is 10.2 Å². The minimum absolute atomic E-state index is 0.165. The number of rotatable bonds is 9. The predicted molar refractivity (Wildman–Crippen MR) is 120 cm³/mol. The summed E-state index contributed by atoms with van der Waals surface area (Å²) in [6.07, 6.45) is 0. The summed E-state index contributed by atoms with van der Waals surface area (Å²) in [6, 6.07) is 15.9. The standard InChI is InChI=1S/C20H22N4O3S3/c1-3-24(4-2)30(26,27)17-12-10-16(11-13-17)18(25)21-19-22-23-20(29-19)28-14-15-8-6-5-7-9-15/h5-13H,3-4,14H2,1-2H3,(H,21,22,25). The van der Waals surface area contributed by atoms with Gasteiger partial charge in [0.2, 0.25) is 15.2 Å². The number of anilines is 1. The highest BCUT2D eigenvalue weighted by atomic mass is 32.2. The zero-order valence-corrected chi connectivity index (χ0v) is 19.1. The third kappa shape index (κ3) is 5.45. The van der Waals surface area contributed by atoms with Gasteiger partial charge >= 0.3 is 0 Å². The number of carbonyl (C=O) groups is 1. The van der Waals surface area contributed by atoms with E-state index in [1.54, 1.807) is 25.6 Å². The first-order chi connectivity index (χ1) is 14.4. The quantitative estimate of drug-likeness (QED) is 0.380. The smallest absolute Gasteiger partial charge is 0.257 e. The van der Waals surface area contributed by atoms with Gasteiger partial charge in [0.05, 0.1) is 4.90 Å². The van der Waals surface area contributed by atoms with Crippen LogP contribution in [-0.2, 0) is 15.8 Å². The van der Waals surface area contributed by atoms with Crippen LogP contribution in [0.5, 0.6) is 0 Å². The van der Waals surface area contributed by atoms with Crippen LogP contribution in [0, 0.1) is 0 Å². The molecule has 0 aliphatic carbocycles. The van der Waals surface area contributed by atoms with E-state index in [2.05, 4.69) is 15.5 Å². The number of amides is 1. The number of carbonyl (C=O) groups excluding carboxylic acids is 1. The summed E-state index contributed by atoms with van der Waals surface area (Å²) in [5.74, 6) is 0.406. The molecule has 0 aliphatic rings. The molecule has 30 heavy (non-hydrogen) atoms. The zero-order valence-electron chi connectivity index (χ0n) is 16.6. The van der Waals surface area contributed by atoms with Crippen molar-refractivity contribution in [3.05, 3.63) is 65.7 Å². The molecule has 0 aliphatic heterocycles. The van der Waals surface area contributed by atoms with Crippen LogP contribution in [0.25, 0.3) is 0 Å². The van der Waals surface area contributed by atoms with Crippen molar-refractivity contribution in [1.82, 2.24) is 14.5 Å². The van der Waals surface area contributed by atoms with Crippen LogP contribution in [-0.4, -0.2) is 41.9 Å². The Morgan fingerprint density at radius 3 is 2.33 bits per heavy atom. The van der Waals surface area contributed by atoms with Gasteiger partial charge < -0.3 is 0 Å². The fourth-order valence-electron chi connectivity index (χ4n) is 2.70. The monoisotopic (exact) mass is 462 g/mol. The van der Waals surface area contributed by atoms with Crippen molar-refractivity contribution >= 4 is 44.2 Å². The van der Waals surface area contributed by atoms with Crippen LogP contribution in [0.1, 0.15) is 29.8 Å². The largest absolute Gasteiger partial charge is 0.296 e. The average molecular weight is 463 g/mol. The summed E-state index contributed by atoms with van der Waals surface area (Å²) in [6.45, 7) is 4.36. The molecule has 7 nitrogen and oxygen atoms in total. The Bertz CT molecular complexity index is 1080. The molecule has 0 atom stereocenters. The number of benzene rings is 2. The average Bonchev–Trinajstić information content (AvgIpc) is 3.21. The first-order valence-corrected chi connectivity index (χ1v) is 12.6. The predicted octanol–water partition coefficient (Wildman–Crippen LogP) is 4.11. The molecule has 2 aromatic carbocycles. The fraction of sp³-hybridized carbons (Fsp3) is 0.250. The van der Waals surface area contributed by atoms with Crippen molar-refractivity contribution < 1.29 is 13.2 Å². The number of nitrogens with zero attached hydrogens (tertiary/aromatic N) is 3. The summed E-state index contributed by atoms with van der Waals surface area (Å²) in [4.78, 5) is 12.6. The molecule has 0 saturated carbocycles. The van der Waals surface area contributed by atoms with Crippen molar-refractivity contribution in [1.29, 1.82) is 0 Å². The molecule has 0 bridgehead atoms. The molecule has 1 aromatic heterocycles. The lowest BCUT2D eigenvalue weighted by atomic mass is 10.2. The van der Waals surface area contributed by atoms with E-state index in [0.717, 1.165) is 10.1 Å². The van der Waals surface area contributed by atoms with E-state index in [4.69, 9.17) is 0 Å². The van der Waals surface area contributed by atoms with E-state index in [1.165, 1.54) is 45.5 Å². The Balaban J connectivity index is 1.62. The third-order valence-corrected chi connectivity index (χ3v) is 8.40. The van der Waals surface area contributed by atoms with E-state index in [-0.39, 0.29) is 10.8 Å². The SMILES string of the molecule is CCN(CC)S(=O)(=O)c1ccc(C(=O)Nc2nnc(SCc3ccccc3)s2)cc1. The lowest BCUT2D eigenvalue weighted by molar-refractivity contribution is 0.102. The van der Waals surface area contributed by atoms with Gasteiger partial charge in [0.25, 0.3) is 5.91 Å². The van der Waals surface area contributed by atoms with Gasteiger partial charge in [-0.1, -0.05) is 67.3 Å². The number of sulfonamides is 1. The lowest BCUT2D eigenvalue weighted by Gasteiger charge is -2.18. The number of aromatic nitrogens is 2. The van der Waals surface area contributed by atoms with Gasteiger partial charge in [-0.2, -0.15) is 4.31 Å². The third-order valence-electron chi connectivity index (χ3n) is 4.29.